The van der Waals surface area contributed by atoms with E-state index in [2.05, 4.69) is 5.10 Å². The van der Waals surface area contributed by atoms with Gasteiger partial charge >= 0.3 is 6.18 Å². The number of hydrogen-bond donors (Lipinski definition) is 1. The van der Waals surface area contributed by atoms with Crippen molar-refractivity contribution >= 4 is 0 Å². The molecule has 0 amide bonds. The van der Waals surface area contributed by atoms with Gasteiger partial charge in [0, 0.05) is 19.7 Å². The van der Waals surface area contributed by atoms with Crippen LogP contribution in [0.5, 0.6) is 0 Å². The van der Waals surface area contributed by atoms with E-state index in [0.717, 1.165) is 0 Å². The monoisotopic (exact) mass is 194 g/mol. The molecular formula is C7H9F3N2O. The van der Waals surface area contributed by atoms with Crippen LogP contribution in [0.3, 0.4) is 0 Å². The van der Waals surface area contributed by atoms with E-state index in [1.54, 1.807) is 7.05 Å². The summed E-state index contributed by atoms with van der Waals surface area (Å²) < 4.78 is 37.0. The van der Waals surface area contributed by atoms with Crippen LogP contribution in [0.25, 0.3) is 0 Å². The van der Waals surface area contributed by atoms with Crippen molar-refractivity contribution in [1.82, 2.24) is 9.78 Å². The summed E-state index contributed by atoms with van der Waals surface area (Å²) in [6.07, 6.45) is -5.87. The van der Waals surface area contributed by atoms with E-state index >= 15 is 0 Å². The van der Waals surface area contributed by atoms with Gasteiger partial charge in [0.05, 0.1) is 5.69 Å². The minimum Gasteiger partial charge on any atom is -0.383 e. The zero-order valence-corrected chi connectivity index (χ0v) is 6.91. The fourth-order valence-corrected chi connectivity index (χ4v) is 0.886. The summed E-state index contributed by atoms with van der Waals surface area (Å²) in [6, 6.07) is 1.44. The van der Waals surface area contributed by atoms with Crippen LogP contribution in [0.1, 0.15) is 5.69 Å². The van der Waals surface area contributed by atoms with Crippen molar-refractivity contribution in [3.05, 3.63) is 18.0 Å². The van der Waals surface area contributed by atoms with E-state index in [1.807, 2.05) is 0 Å². The molecule has 0 aliphatic rings. The van der Waals surface area contributed by atoms with Crippen molar-refractivity contribution < 1.29 is 18.3 Å². The van der Waals surface area contributed by atoms with Crippen molar-refractivity contribution in [2.24, 2.45) is 7.05 Å². The van der Waals surface area contributed by atoms with Crippen LogP contribution in [0, 0.1) is 0 Å². The molecule has 0 aliphatic carbocycles. The SMILES string of the molecule is Cn1ccc(C[C@@H](O)C(F)(F)F)n1. The molecule has 0 aromatic carbocycles. The van der Waals surface area contributed by atoms with Gasteiger partial charge in [0.15, 0.2) is 6.10 Å². The number of rotatable bonds is 2. The molecule has 74 valence electrons. The maximum Gasteiger partial charge on any atom is 0.414 e. The van der Waals surface area contributed by atoms with E-state index < -0.39 is 18.7 Å². The van der Waals surface area contributed by atoms with E-state index in [0.29, 0.717) is 0 Å². The second-order valence-electron chi connectivity index (χ2n) is 2.74. The van der Waals surface area contributed by atoms with Crippen LogP contribution in [-0.2, 0) is 13.5 Å². The Morgan fingerprint density at radius 1 is 1.62 bits per heavy atom. The van der Waals surface area contributed by atoms with E-state index in [-0.39, 0.29) is 5.69 Å². The lowest BCUT2D eigenvalue weighted by atomic mass is 10.2. The molecule has 6 heteroatoms. The smallest absolute Gasteiger partial charge is 0.383 e. The molecule has 1 N–H and O–H groups in total. The maximum atomic E-state index is 11.9. The van der Waals surface area contributed by atoms with Crippen molar-refractivity contribution in [2.75, 3.05) is 0 Å². The predicted molar refractivity (Wildman–Crippen MR) is 39.0 cm³/mol. The van der Waals surface area contributed by atoms with E-state index in [4.69, 9.17) is 5.11 Å². The number of halogens is 3. The maximum absolute atomic E-state index is 11.9. The van der Waals surface area contributed by atoms with Gasteiger partial charge in [-0.15, -0.1) is 0 Å². The standard InChI is InChI=1S/C7H9F3N2O/c1-12-3-2-5(11-12)4-6(13)7(8,9)10/h2-3,6,13H,4H2,1H3/t6-/m1/s1. The molecule has 0 bridgehead atoms. The molecule has 0 fully saturated rings. The van der Waals surface area contributed by atoms with Gasteiger partial charge in [0.1, 0.15) is 0 Å². The number of alkyl halides is 3. The highest BCUT2D eigenvalue weighted by atomic mass is 19.4. The Morgan fingerprint density at radius 3 is 2.62 bits per heavy atom. The van der Waals surface area contributed by atoms with Crippen LogP contribution >= 0.6 is 0 Å². The first-order chi connectivity index (χ1) is 5.89. The lowest BCUT2D eigenvalue weighted by Gasteiger charge is -2.12. The van der Waals surface area contributed by atoms with Crippen LogP contribution in [0.15, 0.2) is 12.3 Å². The highest BCUT2D eigenvalue weighted by Crippen LogP contribution is 2.22. The molecule has 1 aromatic heterocycles. The van der Waals surface area contributed by atoms with Crippen LogP contribution in [0.2, 0.25) is 0 Å². The van der Waals surface area contributed by atoms with Crippen LogP contribution in [0.4, 0.5) is 13.2 Å². The molecule has 0 saturated carbocycles. The third-order valence-corrected chi connectivity index (χ3v) is 1.55. The molecule has 1 rings (SSSR count). The van der Waals surface area contributed by atoms with Gasteiger partial charge in [-0.1, -0.05) is 0 Å². The van der Waals surface area contributed by atoms with Crippen molar-refractivity contribution in [3.63, 3.8) is 0 Å². The van der Waals surface area contributed by atoms with Gasteiger partial charge in [-0.05, 0) is 6.07 Å². The van der Waals surface area contributed by atoms with Gasteiger partial charge in [0.2, 0.25) is 0 Å². The number of hydrogen-bond acceptors (Lipinski definition) is 2. The average Bonchev–Trinajstić information content (AvgIpc) is 2.33. The zero-order chi connectivity index (χ0) is 10.1. The lowest BCUT2D eigenvalue weighted by Crippen LogP contribution is -2.30. The first-order valence-corrected chi connectivity index (χ1v) is 3.63. The molecule has 1 heterocycles. The Bertz CT molecular complexity index is 282. The molecule has 1 atom stereocenters. The molecule has 0 unspecified atom stereocenters. The van der Waals surface area contributed by atoms with Gasteiger partial charge in [-0.3, -0.25) is 4.68 Å². The highest BCUT2D eigenvalue weighted by molar-refractivity contribution is 5.00. The molecule has 13 heavy (non-hydrogen) atoms. The first-order valence-electron chi connectivity index (χ1n) is 3.63. The molecule has 0 spiro atoms. The third kappa shape index (κ3) is 2.73. The normalized spacial score (nSPS) is 14.5. The van der Waals surface area contributed by atoms with Gasteiger partial charge in [-0.2, -0.15) is 18.3 Å². The molecule has 1 aromatic rings. The number of aliphatic hydroxyl groups excluding tert-OH is 1. The van der Waals surface area contributed by atoms with Crippen molar-refractivity contribution in [1.29, 1.82) is 0 Å². The third-order valence-electron chi connectivity index (χ3n) is 1.55. The first kappa shape index (κ1) is 10.0. The van der Waals surface area contributed by atoms with Gasteiger partial charge in [-0.25, -0.2) is 0 Å². The number of nitrogens with zero attached hydrogens (tertiary/aromatic N) is 2. The number of aryl methyl sites for hydroxylation is 1. The summed E-state index contributed by atoms with van der Waals surface area (Å²) in [7, 11) is 1.60. The molecular weight excluding hydrogens is 185 g/mol. The largest absolute Gasteiger partial charge is 0.414 e. The zero-order valence-electron chi connectivity index (χ0n) is 6.91. The summed E-state index contributed by atoms with van der Waals surface area (Å²) >= 11 is 0. The molecule has 0 radical (unpaired) electrons. The van der Waals surface area contributed by atoms with Crippen molar-refractivity contribution in [2.45, 2.75) is 18.7 Å². The van der Waals surface area contributed by atoms with Gasteiger partial charge < -0.3 is 5.11 Å². The summed E-state index contributed by atoms with van der Waals surface area (Å²) in [5.74, 6) is 0. The number of aliphatic hydroxyl groups is 1. The highest BCUT2D eigenvalue weighted by Gasteiger charge is 2.38. The van der Waals surface area contributed by atoms with Crippen molar-refractivity contribution in [3.8, 4) is 0 Å². The second kappa shape index (κ2) is 3.37. The fraction of sp³-hybridized carbons (Fsp3) is 0.571. The van der Waals surface area contributed by atoms with Gasteiger partial charge in [0.25, 0.3) is 0 Å². The Balaban J connectivity index is 2.60. The Hall–Kier alpha value is -1.04. The van der Waals surface area contributed by atoms with E-state index in [1.165, 1.54) is 16.9 Å². The lowest BCUT2D eigenvalue weighted by molar-refractivity contribution is -0.203. The van der Waals surface area contributed by atoms with Crippen LogP contribution in [-0.4, -0.2) is 27.2 Å². The quantitative estimate of drug-likeness (QED) is 0.759. The molecule has 0 aliphatic heterocycles. The molecule has 3 nitrogen and oxygen atoms in total. The molecule has 0 saturated heterocycles. The topological polar surface area (TPSA) is 38.0 Å². The minimum atomic E-state index is -4.57. The predicted octanol–water partition coefficient (Wildman–Crippen LogP) is 0.886. The summed E-state index contributed by atoms with van der Waals surface area (Å²) in [6.45, 7) is 0. The van der Waals surface area contributed by atoms with Crippen LogP contribution < -0.4 is 0 Å². The Kier molecular flexibility index (Phi) is 2.60. The summed E-state index contributed by atoms with van der Waals surface area (Å²) in [5, 5.41) is 12.4. The minimum absolute atomic E-state index is 0.229. The Labute approximate surface area is 72.8 Å². The van der Waals surface area contributed by atoms with E-state index in [9.17, 15) is 13.2 Å². The summed E-state index contributed by atoms with van der Waals surface area (Å²) in [5.41, 5.74) is 0.229. The average molecular weight is 194 g/mol. The Morgan fingerprint density at radius 2 is 2.23 bits per heavy atom. The number of aromatic nitrogens is 2. The fourth-order valence-electron chi connectivity index (χ4n) is 0.886. The summed E-state index contributed by atoms with van der Waals surface area (Å²) in [4.78, 5) is 0. The second-order valence-corrected chi connectivity index (χ2v) is 2.74.